The molecule has 2 atom stereocenters. The van der Waals surface area contributed by atoms with Crippen LogP contribution < -0.4 is 10.9 Å². The Hall–Kier alpha value is -0.560. The largest absolute Gasteiger partial charge is 0.261 e. The van der Waals surface area contributed by atoms with Crippen molar-refractivity contribution in [2.75, 3.05) is 13.6 Å². The van der Waals surface area contributed by atoms with E-state index in [0.717, 1.165) is 31.2 Å². The van der Waals surface area contributed by atoms with Crippen molar-refractivity contribution in [3.05, 3.63) is 17.9 Å². The summed E-state index contributed by atoms with van der Waals surface area (Å²) in [4.78, 5) is 0. The highest BCUT2D eigenvalue weighted by atomic mass is 15.3. The molecule has 0 aliphatic carbocycles. The molecule has 2 heteroatoms. The van der Waals surface area contributed by atoms with Gasteiger partial charge >= 0.3 is 0 Å². The van der Waals surface area contributed by atoms with Crippen LogP contribution in [0.5, 0.6) is 0 Å². The normalized spacial score (nSPS) is 14.1. The second-order valence-corrected chi connectivity index (χ2v) is 4.14. The van der Waals surface area contributed by atoms with Gasteiger partial charge in [0.05, 0.1) is 0 Å². The molecule has 0 heterocycles. The molecule has 0 aliphatic heterocycles. The van der Waals surface area contributed by atoms with Crippen LogP contribution in [-0.2, 0) is 0 Å². The summed E-state index contributed by atoms with van der Waals surface area (Å²) >= 11 is 0. The number of hydrogen-bond donors (Lipinski definition) is 2. The van der Waals surface area contributed by atoms with E-state index in [1.54, 1.807) is 0 Å². The van der Waals surface area contributed by atoms with Crippen LogP contribution in [0.25, 0.3) is 0 Å². The first-order valence-corrected chi connectivity index (χ1v) is 6.01. The molecule has 0 amide bonds. The van der Waals surface area contributed by atoms with Gasteiger partial charge in [-0.1, -0.05) is 27.2 Å². The molecule has 0 saturated heterocycles. The Balaban J connectivity index is 3.59. The molecule has 0 fully saturated rings. The molecule has 15 heavy (non-hydrogen) atoms. The molecule has 0 aromatic carbocycles. The highest BCUT2D eigenvalue weighted by Gasteiger charge is 2.07. The van der Waals surface area contributed by atoms with E-state index in [9.17, 15) is 0 Å². The van der Waals surface area contributed by atoms with E-state index in [1.807, 2.05) is 7.05 Å². The number of hydrogen-bond acceptors (Lipinski definition) is 2. The van der Waals surface area contributed by atoms with Crippen molar-refractivity contribution < 1.29 is 0 Å². The zero-order chi connectivity index (χ0) is 11.5. The Morgan fingerprint density at radius 2 is 1.93 bits per heavy atom. The van der Waals surface area contributed by atoms with Crippen molar-refractivity contribution in [1.29, 1.82) is 0 Å². The zero-order valence-electron chi connectivity index (χ0n) is 10.6. The molecule has 2 N–H and O–H groups in total. The molecule has 0 aromatic rings. The summed E-state index contributed by atoms with van der Waals surface area (Å²) in [6.45, 7) is 7.84. The van der Waals surface area contributed by atoms with Crippen LogP contribution in [0.4, 0.5) is 0 Å². The van der Waals surface area contributed by atoms with Crippen molar-refractivity contribution >= 4 is 0 Å². The molecule has 0 spiro atoms. The first kappa shape index (κ1) is 14.4. The molecule has 2 unspecified atom stereocenters. The highest BCUT2D eigenvalue weighted by molar-refractivity contribution is 4.86. The molecule has 88 valence electrons. The minimum absolute atomic E-state index is 0.770. The van der Waals surface area contributed by atoms with Gasteiger partial charge in [-0.3, -0.25) is 10.9 Å². The maximum atomic E-state index is 3.24. The second kappa shape index (κ2) is 9.97. The maximum absolute atomic E-state index is 3.24. The predicted octanol–water partition coefficient (Wildman–Crippen LogP) is 2.88. The summed E-state index contributed by atoms with van der Waals surface area (Å²) in [5.41, 5.74) is 9.17. The summed E-state index contributed by atoms with van der Waals surface area (Å²) in [5.74, 6) is 1.58. The van der Waals surface area contributed by atoms with Gasteiger partial charge in [-0.05, 0) is 43.9 Å². The smallest absolute Gasteiger partial charge is 0.0140 e. The fraction of sp³-hybridized carbons (Fsp3) is 0.769. The molecule has 0 rings (SSSR count). The fourth-order valence-electron chi connectivity index (χ4n) is 1.32. The van der Waals surface area contributed by atoms with Gasteiger partial charge in [-0.25, -0.2) is 0 Å². The second-order valence-electron chi connectivity index (χ2n) is 4.14. The van der Waals surface area contributed by atoms with Gasteiger partial charge in [-0.2, -0.15) is 0 Å². The van der Waals surface area contributed by atoms with Gasteiger partial charge in [0, 0.05) is 6.54 Å². The van der Waals surface area contributed by atoms with Crippen molar-refractivity contribution in [1.82, 2.24) is 10.9 Å². The Morgan fingerprint density at radius 3 is 2.53 bits per heavy atom. The van der Waals surface area contributed by atoms with E-state index < -0.39 is 0 Å². The summed E-state index contributed by atoms with van der Waals surface area (Å²) in [6, 6.07) is 0. The standard InChI is InChI=1S/C13H26N2/c1-5-12(2)13(3)10-8-6-7-9-11-15-14-4/h7-8,12-15H,5,9-11H2,1-4H3. The molecular weight excluding hydrogens is 184 g/mol. The Labute approximate surface area is 94.8 Å². The molecular formula is C13H26N2. The summed E-state index contributed by atoms with van der Waals surface area (Å²) < 4.78 is 0. The van der Waals surface area contributed by atoms with Gasteiger partial charge in [0.15, 0.2) is 0 Å². The topological polar surface area (TPSA) is 24.1 Å². The van der Waals surface area contributed by atoms with E-state index in [-0.39, 0.29) is 0 Å². The molecule has 0 saturated carbocycles. The highest BCUT2D eigenvalue weighted by Crippen LogP contribution is 2.17. The van der Waals surface area contributed by atoms with E-state index in [4.69, 9.17) is 0 Å². The van der Waals surface area contributed by atoms with Crippen LogP contribution in [0.3, 0.4) is 0 Å². The third kappa shape index (κ3) is 8.44. The lowest BCUT2D eigenvalue weighted by Crippen LogP contribution is -2.27. The number of nitrogens with one attached hydrogen (secondary N) is 2. The third-order valence-electron chi connectivity index (χ3n) is 2.93. The van der Waals surface area contributed by atoms with Crippen molar-refractivity contribution in [3.63, 3.8) is 0 Å². The Kier molecular flexibility index (Phi) is 9.60. The van der Waals surface area contributed by atoms with Gasteiger partial charge < -0.3 is 0 Å². The van der Waals surface area contributed by atoms with Gasteiger partial charge in [0.1, 0.15) is 0 Å². The quantitative estimate of drug-likeness (QED) is 0.366. The zero-order valence-corrected chi connectivity index (χ0v) is 10.6. The molecule has 2 nitrogen and oxygen atoms in total. The van der Waals surface area contributed by atoms with E-state index >= 15 is 0 Å². The third-order valence-corrected chi connectivity index (χ3v) is 2.93. The minimum atomic E-state index is 0.770. The first-order chi connectivity index (χ1) is 7.22. The maximum Gasteiger partial charge on any atom is 0.0140 e. The minimum Gasteiger partial charge on any atom is -0.261 e. The average molecular weight is 210 g/mol. The lowest BCUT2D eigenvalue weighted by molar-refractivity contribution is 0.380. The lowest BCUT2D eigenvalue weighted by atomic mass is 9.91. The summed E-state index contributed by atoms with van der Waals surface area (Å²) in [6.07, 6.45) is 7.69. The summed E-state index contributed by atoms with van der Waals surface area (Å²) in [5, 5.41) is 0. The SMILES string of the molecule is CCC(C)C(C)CC=C=CCCNNC. The van der Waals surface area contributed by atoms with Crippen molar-refractivity contribution in [2.24, 2.45) is 11.8 Å². The number of hydrazine groups is 1. The first-order valence-electron chi connectivity index (χ1n) is 6.01. The fourth-order valence-corrected chi connectivity index (χ4v) is 1.32. The van der Waals surface area contributed by atoms with Crippen LogP contribution in [0, 0.1) is 11.8 Å². The van der Waals surface area contributed by atoms with Crippen LogP contribution in [0.15, 0.2) is 17.9 Å². The van der Waals surface area contributed by atoms with E-state index in [2.05, 4.69) is 49.5 Å². The van der Waals surface area contributed by atoms with Gasteiger partial charge in [0.2, 0.25) is 0 Å². The van der Waals surface area contributed by atoms with Crippen LogP contribution in [0.1, 0.15) is 40.0 Å². The Morgan fingerprint density at radius 1 is 1.20 bits per heavy atom. The van der Waals surface area contributed by atoms with E-state index in [0.29, 0.717) is 0 Å². The van der Waals surface area contributed by atoms with Crippen LogP contribution >= 0.6 is 0 Å². The van der Waals surface area contributed by atoms with E-state index in [1.165, 1.54) is 6.42 Å². The van der Waals surface area contributed by atoms with Gasteiger partial charge in [0.25, 0.3) is 0 Å². The molecule has 0 aliphatic rings. The monoisotopic (exact) mass is 210 g/mol. The Bertz CT molecular complexity index is 193. The number of rotatable bonds is 8. The molecule has 0 aromatic heterocycles. The van der Waals surface area contributed by atoms with Crippen LogP contribution in [0.2, 0.25) is 0 Å². The van der Waals surface area contributed by atoms with Crippen LogP contribution in [-0.4, -0.2) is 13.6 Å². The average Bonchev–Trinajstić information content (AvgIpc) is 2.26. The lowest BCUT2D eigenvalue weighted by Gasteiger charge is -2.15. The molecule has 0 radical (unpaired) electrons. The van der Waals surface area contributed by atoms with Crippen molar-refractivity contribution in [3.8, 4) is 0 Å². The van der Waals surface area contributed by atoms with Gasteiger partial charge in [-0.15, -0.1) is 5.73 Å². The molecule has 0 bridgehead atoms. The van der Waals surface area contributed by atoms with Crippen molar-refractivity contribution in [2.45, 2.75) is 40.0 Å². The predicted molar refractivity (Wildman–Crippen MR) is 67.6 cm³/mol. The summed E-state index contributed by atoms with van der Waals surface area (Å²) in [7, 11) is 1.88.